The number of nitrogens with zero attached hydrogens (tertiary/aromatic N) is 2. The van der Waals surface area contributed by atoms with Crippen molar-refractivity contribution in [3.8, 4) is 0 Å². The van der Waals surface area contributed by atoms with Crippen LogP contribution in [0.2, 0.25) is 0 Å². The molecule has 2 heterocycles. The summed E-state index contributed by atoms with van der Waals surface area (Å²) < 4.78 is 7.08. The molecule has 1 aromatic heterocycles. The fourth-order valence-corrected chi connectivity index (χ4v) is 2.16. The van der Waals surface area contributed by atoms with E-state index in [0.29, 0.717) is 12.5 Å². The first kappa shape index (κ1) is 19.9. The number of rotatable bonds is 3. The molecule has 1 aromatic rings. The predicted octanol–water partition coefficient (Wildman–Crippen LogP) is 0.756. The molecule has 0 bridgehead atoms. The normalized spacial score (nSPS) is 21.3. The van der Waals surface area contributed by atoms with E-state index in [1.165, 1.54) is 0 Å². The largest absolute Gasteiger partial charge is 0.465 e. The summed E-state index contributed by atoms with van der Waals surface area (Å²) >= 11 is 0. The summed E-state index contributed by atoms with van der Waals surface area (Å²) in [5.74, 6) is 0.350. The van der Waals surface area contributed by atoms with Crippen molar-refractivity contribution in [2.75, 3.05) is 6.61 Å². The number of halogens is 1. The summed E-state index contributed by atoms with van der Waals surface area (Å²) in [5, 5.41) is 0. The second-order valence-corrected chi connectivity index (χ2v) is 4.10. The van der Waals surface area contributed by atoms with E-state index in [0.717, 1.165) is 18.5 Å². The Morgan fingerprint density at radius 2 is 2.22 bits per heavy atom. The number of ether oxygens (including phenoxy) is 1. The average molecular weight is 328 g/mol. The van der Waals surface area contributed by atoms with Gasteiger partial charge in [-0.1, -0.05) is 6.92 Å². The van der Waals surface area contributed by atoms with Crippen molar-refractivity contribution in [2.45, 2.75) is 19.8 Å². The average Bonchev–Trinajstić information content (AvgIpc) is 2.76. The number of hydrogen-bond acceptors (Lipinski definition) is 3. The van der Waals surface area contributed by atoms with E-state index in [9.17, 15) is 4.79 Å². The monoisotopic (exact) mass is 326 g/mol. The van der Waals surface area contributed by atoms with E-state index in [1.54, 1.807) is 6.33 Å². The molecule has 0 aliphatic carbocycles. The topological polar surface area (TPSA) is 75.6 Å². The summed E-state index contributed by atoms with van der Waals surface area (Å²) in [6, 6.07) is 0. The van der Waals surface area contributed by atoms with Crippen LogP contribution in [0, 0.1) is 11.8 Å². The third-order valence-corrected chi connectivity index (χ3v) is 3.14. The summed E-state index contributed by atoms with van der Waals surface area (Å²) in [6.07, 6.45) is 5.38. The third kappa shape index (κ3) is 4.04. The van der Waals surface area contributed by atoms with Gasteiger partial charge in [0.2, 0.25) is 0 Å². The molecule has 0 spiro atoms. The molecular formula is C11H19ClN2O3Zn. The van der Waals surface area contributed by atoms with Gasteiger partial charge in [0, 0.05) is 44.3 Å². The maximum absolute atomic E-state index is 11.4. The van der Waals surface area contributed by atoms with Crippen LogP contribution in [0.5, 0.6) is 0 Å². The number of esters is 1. The number of cyclic esters (lactones) is 1. The molecule has 0 saturated carbocycles. The Labute approximate surface area is 126 Å². The Kier molecular flexibility index (Phi) is 9.52. The SMILES string of the molecule is CC[C@@H]1C(=O)OC[C@@H]1Cc1cncn1C.Cl.O.[Zn]. The first-order valence-corrected chi connectivity index (χ1v) is 5.34. The fraction of sp³-hybridized carbons (Fsp3) is 0.636. The van der Waals surface area contributed by atoms with E-state index < -0.39 is 0 Å². The molecule has 18 heavy (non-hydrogen) atoms. The van der Waals surface area contributed by atoms with Crippen molar-refractivity contribution in [1.82, 2.24) is 9.55 Å². The van der Waals surface area contributed by atoms with E-state index in [1.807, 2.05) is 24.7 Å². The molecule has 1 aliphatic heterocycles. The van der Waals surface area contributed by atoms with Crippen LogP contribution >= 0.6 is 12.4 Å². The Hall–Kier alpha value is -0.447. The summed E-state index contributed by atoms with van der Waals surface area (Å²) in [5.41, 5.74) is 1.16. The van der Waals surface area contributed by atoms with E-state index in [-0.39, 0.29) is 49.2 Å². The van der Waals surface area contributed by atoms with Crippen molar-refractivity contribution >= 4 is 18.4 Å². The quantitative estimate of drug-likeness (QED) is 0.607. The first-order chi connectivity index (χ1) is 7.22. The maximum Gasteiger partial charge on any atom is 0.309 e. The number of imidazole rings is 1. The molecule has 2 N–H and O–H groups in total. The molecule has 0 unspecified atom stereocenters. The molecule has 1 fully saturated rings. The number of hydrogen-bond donors (Lipinski definition) is 0. The maximum atomic E-state index is 11.4. The Balaban J connectivity index is 0. The van der Waals surface area contributed by atoms with Crippen LogP contribution in [-0.4, -0.2) is 27.6 Å². The minimum Gasteiger partial charge on any atom is -0.465 e. The minimum absolute atomic E-state index is 0. The standard InChI is InChI=1S/C11H16N2O2.ClH.H2O.Zn/c1-3-10-8(6-15-11(10)14)4-9-5-12-7-13(9)2;;;/h5,7-8,10H,3-4,6H2,1-2H3;1H;1H2;/t8-,10-;;;/m0.../s1. The smallest absolute Gasteiger partial charge is 0.309 e. The van der Waals surface area contributed by atoms with Gasteiger partial charge in [-0.2, -0.15) is 0 Å². The van der Waals surface area contributed by atoms with Crippen molar-refractivity contribution in [2.24, 2.45) is 18.9 Å². The molecule has 2 rings (SSSR count). The van der Waals surface area contributed by atoms with Gasteiger partial charge in [0.15, 0.2) is 0 Å². The van der Waals surface area contributed by atoms with Crippen LogP contribution in [-0.2, 0) is 42.5 Å². The molecule has 0 amide bonds. The van der Waals surface area contributed by atoms with Crippen molar-refractivity contribution in [1.29, 1.82) is 0 Å². The fourth-order valence-electron chi connectivity index (χ4n) is 2.16. The van der Waals surface area contributed by atoms with Gasteiger partial charge in [0.25, 0.3) is 0 Å². The second kappa shape index (κ2) is 8.62. The van der Waals surface area contributed by atoms with Gasteiger partial charge >= 0.3 is 5.97 Å². The van der Waals surface area contributed by atoms with Crippen LogP contribution in [0.1, 0.15) is 19.0 Å². The molecule has 100 valence electrons. The van der Waals surface area contributed by atoms with Gasteiger partial charge in [0.1, 0.15) is 0 Å². The molecule has 0 aromatic carbocycles. The van der Waals surface area contributed by atoms with Crippen molar-refractivity contribution in [3.05, 3.63) is 18.2 Å². The van der Waals surface area contributed by atoms with Gasteiger partial charge in [-0.3, -0.25) is 4.79 Å². The molecular weight excluding hydrogens is 309 g/mol. The van der Waals surface area contributed by atoms with Crippen LogP contribution in [0.3, 0.4) is 0 Å². The molecule has 7 heteroatoms. The van der Waals surface area contributed by atoms with E-state index in [4.69, 9.17) is 4.74 Å². The molecule has 2 atom stereocenters. The van der Waals surface area contributed by atoms with Crippen LogP contribution in [0.25, 0.3) is 0 Å². The number of aryl methyl sites for hydroxylation is 1. The Morgan fingerprint density at radius 1 is 1.56 bits per heavy atom. The molecule has 1 aliphatic rings. The van der Waals surface area contributed by atoms with Crippen LogP contribution < -0.4 is 0 Å². The number of carbonyl (C=O) groups is 1. The van der Waals surface area contributed by atoms with Gasteiger partial charge in [-0.05, 0) is 12.8 Å². The molecule has 1 saturated heterocycles. The van der Waals surface area contributed by atoms with Gasteiger partial charge in [0.05, 0.1) is 18.9 Å². The van der Waals surface area contributed by atoms with Crippen LogP contribution in [0.15, 0.2) is 12.5 Å². The zero-order valence-corrected chi connectivity index (χ0v) is 14.5. The van der Waals surface area contributed by atoms with Crippen LogP contribution in [0.4, 0.5) is 0 Å². The summed E-state index contributed by atoms with van der Waals surface area (Å²) in [6.45, 7) is 2.59. The van der Waals surface area contributed by atoms with Gasteiger partial charge in [-0.25, -0.2) is 4.98 Å². The molecule has 0 radical (unpaired) electrons. The van der Waals surface area contributed by atoms with E-state index >= 15 is 0 Å². The number of carbonyl (C=O) groups excluding carboxylic acids is 1. The minimum atomic E-state index is -0.0373. The Morgan fingerprint density at radius 3 is 2.72 bits per heavy atom. The zero-order valence-electron chi connectivity index (χ0n) is 10.8. The van der Waals surface area contributed by atoms with Crippen molar-refractivity contribution < 1.29 is 34.5 Å². The number of aromatic nitrogens is 2. The zero-order chi connectivity index (χ0) is 10.8. The molecule has 5 nitrogen and oxygen atoms in total. The summed E-state index contributed by atoms with van der Waals surface area (Å²) in [4.78, 5) is 15.5. The third-order valence-electron chi connectivity index (χ3n) is 3.14. The van der Waals surface area contributed by atoms with Crippen molar-refractivity contribution in [3.63, 3.8) is 0 Å². The first-order valence-electron chi connectivity index (χ1n) is 5.34. The predicted molar refractivity (Wildman–Crippen MR) is 66.0 cm³/mol. The Bertz CT molecular complexity index is 373. The summed E-state index contributed by atoms with van der Waals surface area (Å²) in [7, 11) is 1.97. The van der Waals surface area contributed by atoms with Gasteiger partial charge < -0.3 is 14.8 Å². The second-order valence-electron chi connectivity index (χ2n) is 4.10. The van der Waals surface area contributed by atoms with Gasteiger partial charge in [-0.15, -0.1) is 12.4 Å². The van der Waals surface area contributed by atoms with E-state index in [2.05, 4.69) is 4.98 Å².